The Morgan fingerprint density at radius 3 is 2.37 bits per heavy atom. The van der Waals surface area contributed by atoms with E-state index < -0.39 is 10.0 Å². The summed E-state index contributed by atoms with van der Waals surface area (Å²) in [6.45, 7) is 6.51. The Balaban J connectivity index is 2.08. The molecular formula is C22H30N2O5S. The summed E-state index contributed by atoms with van der Waals surface area (Å²) >= 11 is 0. The molecule has 0 spiro atoms. The van der Waals surface area contributed by atoms with Crippen LogP contribution in [0.25, 0.3) is 0 Å². The number of rotatable bonds is 10. The van der Waals surface area contributed by atoms with Crippen molar-refractivity contribution in [2.45, 2.75) is 32.1 Å². The number of ether oxygens (including phenoxy) is 2. The lowest BCUT2D eigenvalue weighted by atomic mass is 10.1. The zero-order chi connectivity index (χ0) is 22.3. The van der Waals surface area contributed by atoms with E-state index in [-0.39, 0.29) is 17.3 Å². The number of sulfonamides is 1. The van der Waals surface area contributed by atoms with Crippen molar-refractivity contribution in [3.63, 3.8) is 0 Å². The lowest BCUT2D eigenvalue weighted by Gasteiger charge is -2.13. The highest BCUT2D eigenvalue weighted by atomic mass is 32.2. The molecule has 0 aliphatic heterocycles. The summed E-state index contributed by atoms with van der Waals surface area (Å²) < 4.78 is 38.5. The molecule has 0 radical (unpaired) electrons. The third-order valence-electron chi connectivity index (χ3n) is 4.59. The van der Waals surface area contributed by atoms with Gasteiger partial charge >= 0.3 is 0 Å². The van der Waals surface area contributed by atoms with E-state index in [2.05, 4.69) is 10.0 Å². The molecule has 2 rings (SSSR count). The minimum Gasteiger partial charge on any atom is -0.493 e. The average Bonchev–Trinajstić information content (AvgIpc) is 2.71. The van der Waals surface area contributed by atoms with Crippen molar-refractivity contribution in [2.75, 3.05) is 27.3 Å². The highest BCUT2D eigenvalue weighted by Gasteiger charge is 2.18. The number of aryl methyl sites for hydroxylation is 1. The fourth-order valence-corrected chi connectivity index (χ4v) is 3.91. The minimum atomic E-state index is -3.75. The summed E-state index contributed by atoms with van der Waals surface area (Å²) in [5.41, 5.74) is 1.99. The van der Waals surface area contributed by atoms with Crippen LogP contribution in [0, 0.1) is 12.8 Å². The van der Waals surface area contributed by atoms with Crippen LogP contribution >= 0.6 is 0 Å². The Morgan fingerprint density at radius 1 is 1.03 bits per heavy atom. The molecule has 0 heterocycles. The van der Waals surface area contributed by atoms with Crippen molar-refractivity contribution >= 4 is 15.9 Å². The molecule has 0 unspecified atom stereocenters. The summed E-state index contributed by atoms with van der Waals surface area (Å²) in [5, 5.41) is 2.83. The van der Waals surface area contributed by atoms with Gasteiger partial charge in [-0.2, -0.15) is 0 Å². The number of carbonyl (C=O) groups is 1. The standard InChI is InChI=1S/C22H30N2O5S/c1-15(2)14-23-22(25)19-13-18(8-6-16(19)3)30(26,27)24-11-10-17-7-9-20(28-4)21(12-17)29-5/h6-9,12-13,15,24H,10-11,14H2,1-5H3,(H,23,25). The van der Waals surface area contributed by atoms with E-state index in [0.29, 0.717) is 35.9 Å². The van der Waals surface area contributed by atoms with Crippen LogP contribution in [-0.2, 0) is 16.4 Å². The van der Waals surface area contributed by atoms with E-state index in [0.717, 1.165) is 11.1 Å². The normalized spacial score (nSPS) is 11.4. The summed E-state index contributed by atoms with van der Waals surface area (Å²) in [7, 11) is -0.637. The van der Waals surface area contributed by atoms with Gasteiger partial charge < -0.3 is 14.8 Å². The Bertz CT molecular complexity index is 987. The molecular weight excluding hydrogens is 404 g/mol. The predicted octanol–water partition coefficient (Wildman–Crippen LogP) is 2.92. The van der Waals surface area contributed by atoms with Gasteiger partial charge in [0.15, 0.2) is 11.5 Å². The summed E-state index contributed by atoms with van der Waals surface area (Å²) in [6, 6.07) is 10.0. The number of hydrogen-bond donors (Lipinski definition) is 2. The zero-order valence-electron chi connectivity index (χ0n) is 18.1. The highest BCUT2D eigenvalue weighted by Crippen LogP contribution is 2.27. The second kappa shape index (κ2) is 10.4. The fraction of sp³-hybridized carbons (Fsp3) is 0.409. The predicted molar refractivity (Wildman–Crippen MR) is 117 cm³/mol. The van der Waals surface area contributed by atoms with Crippen LogP contribution in [0.2, 0.25) is 0 Å². The van der Waals surface area contributed by atoms with Gasteiger partial charge in [-0.15, -0.1) is 0 Å². The molecule has 0 aromatic heterocycles. The van der Waals surface area contributed by atoms with Crippen molar-refractivity contribution < 1.29 is 22.7 Å². The first-order valence-corrected chi connectivity index (χ1v) is 11.3. The molecule has 1 amide bonds. The van der Waals surface area contributed by atoms with Gasteiger partial charge in [-0.05, 0) is 54.7 Å². The topological polar surface area (TPSA) is 93.7 Å². The van der Waals surface area contributed by atoms with Crippen LogP contribution in [0.4, 0.5) is 0 Å². The summed E-state index contributed by atoms with van der Waals surface area (Å²) in [5.74, 6) is 1.24. The molecule has 30 heavy (non-hydrogen) atoms. The number of carbonyl (C=O) groups excluding carboxylic acids is 1. The molecule has 7 nitrogen and oxygen atoms in total. The van der Waals surface area contributed by atoms with Gasteiger partial charge in [-0.3, -0.25) is 4.79 Å². The summed E-state index contributed by atoms with van der Waals surface area (Å²) in [4.78, 5) is 12.5. The smallest absolute Gasteiger partial charge is 0.251 e. The van der Waals surface area contributed by atoms with Crippen LogP contribution in [0.1, 0.15) is 35.3 Å². The quantitative estimate of drug-likeness (QED) is 0.600. The van der Waals surface area contributed by atoms with Gasteiger partial charge in [0.1, 0.15) is 0 Å². The van der Waals surface area contributed by atoms with E-state index in [1.807, 2.05) is 26.0 Å². The first-order valence-electron chi connectivity index (χ1n) is 9.77. The van der Waals surface area contributed by atoms with Crippen LogP contribution in [0.15, 0.2) is 41.3 Å². The number of benzene rings is 2. The second-order valence-corrected chi connectivity index (χ2v) is 9.18. The molecule has 0 aliphatic rings. The minimum absolute atomic E-state index is 0.0649. The molecule has 2 aromatic carbocycles. The lowest BCUT2D eigenvalue weighted by Crippen LogP contribution is -2.29. The largest absolute Gasteiger partial charge is 0.493 e. The molecule has 2 aromatic rings. The van der Waals surface area contributed by atoms with Crippen molar-refractivity contribution in [2.24, 2.45) is 5.92 Å². The van der Waals surface area contributed by atoms with Crippen molar-refractivity contribution in [3.8, 4) is 11.5 Å². The third kappa shape index (κ3) is 6.21. The monoisotopic (exact) mass is 434 g/mol. The van der Waals surface area contributed by atoms with E-state index >= 15 is 0 Å². The van der Waals surface area contributed by atoms with Crippen LogP contribution in [-0.4, -0.2) is 41.6 Å². The van der Waals surface area contributed by atoms with Crippen molar-refractivity contribution in [1.29, 1.82) is 0 Å². The van der Waals surface area contributed by atoms with Crippen LogP contribution in [0.3, 0.4) is 0 Å². The number of hydrogen-bond acceptors (Lipinski definition) is 5. The van der Waals surface area contributed by atoms with E-state index in [4.69, 9.17) is 9.47 Å². The van der Waals surface area contributed by atoms with Gasteiger partial charge in [-0.1, -0.05) is 26.0 Å². The van der Waals surface area contributed by atoms with E-state index in [1.165, 1.54) is 12.1 Å². The van der Waals surface area contributed by atoms with Gasteiger partial charge in [0, 0.05) is 18.7 Å². The maximum atomic E-state index is 12.7. The Kier molecular flexibility index (Phi) is 8.25. The lowest BCUT2D eigenvalue weighted by molar-refractivity contribution is 0.0948. The molecule has 0 atom stereocenters. The number of nitrogens with one attached hydrogen (secondary N) is 2. The number of methoxy groups -OCH3 is 2. The number of amides is 1. The van der Waals surface area contributed by atoms with Gasteiger partial charge in [0.25, 0.3) is 5.91 Å². The Labute approximate surface area is 178 Å². The van der Waals surface area contributed by atoms with Gasteiger partial charge in [0.05, 0.1) is 19.1 Å². The van der Waals surface area contributed by atoms with Crippen molar-refractivity contribution in [1.82, 2.24) is 10.0 Å². The molecule has 0 saturated carbocycles. The van der Waals surface area contributed by atoms with Gasteiger partial charge in [0.2, 0.25) is 10.0 Å². The SMILES string of the molecule is COc1ccc(CCNS(=O)(=O)c2ccc(C)c(C(=O)NCC(C)C)c2)cc1OC. The molecule has 8 heteroatoms. The van der Waals surface area contributed by atoms with Crippen molar-refractivity contribution in [3.05, 3.63) is 53.1 Å². The molecule has 0 saturated heterocycles. The Hall–Kier alpha value is -2.58. The highest BCUT2D eigenvalue weighted by molar-refractivity contribution is 7.89. The molecule has 164 valence electrons. The van der Waals surface area contributed by atoms with Crippen LogP contribution < -0.4 is 19.5 Å². The van der Waals surface area contributed by atoms with Gasteiger partial charge in [-0.25, -0.2) is 13.1 Å². The molecule has 0 fully saturated rings. The zero-order valence-corrected chi connectivity index (χ0v) is 18.9. The van der Waals surface area contributed by atoms with Crippen LogP contribution in [0.5, 0.6) is 11.5 Å². The first kappa shape index (κ1) is 23.7. The fourth-order valence-electron chi connectivity index (χ4n) is 2.85. The average molecular weight is 435 g/mol. The maximum absolute atomic E-state index is 12.7. The Morgan fingerprint density at radius 2 is 1.73 bits per heavy atom. The van der Waals surface area contributed by atoms with E-state index in [9.17, 15) is 13.2 Å². The first-order chi connectivity index (χ1) is 14.2. The molecule has 2 N–H and O–H groups in total. The molecule has 0 aliphatic carbocycles. The second-order valence-electron chi connectivity index (χ2n) is 7.42. The summed E-state index contributed by atoms with van der Waals surface area (Å²) in [6.07, 6.45) is 0.479. The maximum Gasteiger partial charge on any atom is 0.251 e. The molecule has 0 bridgehead atoms. The van der Waals surface area contributed by atoms with E-state index in [1.54, 1.807) is 33.3 Å². The third-order valence-corrected chi connectivity index (χ3v) is 6.05.